The second-order valence-corrected chi connectivity index (χ2v) is 6.33. The SMILES string of the molecule is CC(C)Oc1cccc2c1[nH]c(=S)n2Cc1cccs1. The predicted octanol–water partition coefficient (Wildman–Crippen LogP) is 4.60. The normalized spacial score (nSPS) is 11.3. The molecule has 2 aromatic heterocycles. The number of para-hydroxylation sites is 1. The fourth-order valence-corrected chi connectivity index (χ4v) is 3.18. The van der Waals surface area contributed by atoms with Gasteiger partial charge in [0.25, 0.3) is 0 Å². The summed E-state index contributed by atoms with van der Waals surface area (Å²) in [7, 11) is 0. The third-order valence-electron chi connectivity index (χ3n) is 3.03. The summed E-state index contributed by atoms with van der Waals surface area (Å²) >= 11 is 7.20. The number of ether oxygens (including phenoxy) is 1. The van der Waals surface area contributed by atoms with E-state index in [-0.39, 0.29) is 6.10 Å². The molecule has 3 rings (SSSR count). The molecule has 2 heterocycles. The smallest absolute Gasteiger partial charge is 0.178 e. The number of aromatic amines is 1. The van der Waals surface area contributed by atoms with Crippen LogP contribution in [0.15, 0.2) is 35.7 Å². The van der Waals surface area contributed by atoms with Crippen LogP contribution in [0.25, 0.3) is 11.0 Å². The molecule has 104 valence electrons. The molecule has 5 heteroatoms. The van der Waals surface area contributed by atoms with E-state index in [2.05, 4.69) is 33.1 Å². The van der Waals surface area contributed by atoms with Crippen molar-refractivity contribution >= 4 is 34.6 Å². The van der Waals surface area contributed by atoms with Gasteiger partial charge in [-0.2, -0.15) is 0 Å². The molecule has 0 aliphatic rings. The van der Waals surface area contributed by atoms with Crippen molar-refractivity contribution in [3.8, 4) is 5.75 Å². The molecular weight excluding hydrogens is 288 g/mol. The first-order valence-corrected chi connectivity index (χ1v) is 7.84. The van der Waals surface area contributed by atoms with E-state index in [0.29, 0.717) is 0 Å². The molecule has 0 spiro atoms. The van der Waals surface area contributed by atoms with E-state index in [0.717, 1.165) is 28.1 Å². The fraction of sp³-hybridized carbons (Fsp3) is 0.267. The fourth-order valence-electron chi connectivity index (χ4n) is 2.22. The van der Waals surface area contributed by atoms with Crippen LogP contribution in [0.1, 0.15) is 18.7 Å². The molecule has 1 aromatic carbocycles. The number of thiophene rings is 1. The molecule has 0 fully saturated rings. The highest BCUT2D eigenvalue weighted by Gasteiger charge is 2.10. The Morgan fingerprint density at radius 1 is 1.30 bits per heavy atom. The van der Waals surface area contributed by atoms with Crippen LogP contribution in [0.3, 0.4) is 0 Å². The van der Waals surface area contributed by atoms with Gasteiger partial charge in [-0.05, 0) is 49.6 Å². The maximum absolute atomic E-state index is 5.84. The maximum Gasteiger partial charge on any atom is 0.178 e. The molecule has 1 N–H and O–H groups in total. The Labute approximate surface area is 126 Å². The highest BCUT2D eigenvalue weighted by atomic mass is 32.1. The van der Waals surface area contributed by atoms with Gasteiger partial charge in [-0.25, -0.2) is 0 Å². The number of aromatic nitrogens is 2. The van der Waals surface area contributed by atoms with Crippen molar-refractivity contribution in [2.45, 2.75) is 26.5 Å². The van der Waals surface area contributed by atoms with Crippen LogP contribution in [0.2, 0.25) is 0 Å². The first-order chi connectivity index (χ1) is 9.65. The van der Waals surface area contributed by atoms with Crippen LogP contribution in [-0.4, -0.2) is 15.7 Å². The number of H-pyrrole nitrogens is 1. The van der Waals surface area contributed by atoms with Gasteiger partial charge >= 0.3 is 0 Å². The Morgan fingerprint density at radius 3 is 2.85 bits per heavy atom. The Bertz CT molecular complexity index is 769. The van der Waals surface area contributed by atoms with Gasteiger partial charge in [0.05, 0.1) is 18.2 Å². The maximum atomic E-state index is 5.84. The summed E-state index contributed by atoms with van der Waals surface area (Å²) in [6, 6.07) is 10.2. The van der Waals surface area contributed by atoms with Crippen molar-refractivity contribution in [3.63, 3.8) is 0 Å². The van der Waals surface area contributed by atoms with Crippen LogP contribution in [0.5, 0.6) is 5.75 Å². The van der Waals surface area contributed by atoms with Crippen LogP contribution < -0.4 is 4.74 Å². The summed E-state index contributed by atoms with van der Waals surface area (Å²) < 4.78 is 8.69. The second-order valence-electron chi connectivity index (χ2n) is 4.91. The van der Waals surface area contributed by atoms with Gasteiger partial charge in [0.1, 0.15) is 11.3 Å². The van der Waals surface area contributed by atoms with Crippen molar-refractivity contribution in [3.05, 3.63) is 45.4 Å². The van der Waals surface area contributed by atoms with Crippen molar-refractivity contribution in [2.24, 2.45) is 0 Å². The quantitative estimate of drug-likeness (QED) is 0.714. The van der Waals surface area contributed by atoms with E-state index in [1.54, 1.807) is 11.3 Å². The average Bonchev–Trinajstić information content (AvgIpc) is 3.00. The molecule has 0 saturated carbocycles. The number of rotatable bonds is 4. The molecule has 3 aromatic rings. The van der Waals surface area contributed by atoms with Gasteiger partial charge in [0.2, 0.25) is 0 Å². The second kappa shape index (κ2) is 5.42. The van der Waals surface area contributed by atoms with E-state index in [4.69, 9.17) is 17.0 Å². The minimum Gasteiger partial charge on any atom is -0.489 e. The van der Waals surface area contributed by atoms with E-state index < -0.39 is 0 Å². The third-order valence-corrected chi connectivity index (χ3v) is 4.21. The number of hydrogen-bond acceptors (Lipinski definition) is 3. The monoisotopic (exact) mass is 304 g/mol. The molecule has 0 aliphatic heterocycles. The number of fused-ring (bicyclic) bond motifs is 1. The summed E-state index contributed by atoms with van der Waals surface area (Å²) in [6.07, 6.45) is 0.142. The molecule has 0 bridgehead atoms. The zero-order valence-electron chi connectivity index (χ0n) is 11.4. The summed E-state index contributed by atoms with van der Waals surface area (Å²) in [4.78, 5) is 4.56. The van der Waals surface area contributed by atoms with Gasteiger partial charge in [-0.15, -0.1) is 11.3 Å². The lowest BCUT2D eigenvalue weighted by molar-refractivity contribution is 0.245. The van der Waals surface area contributed by atoms with Crippen LogP contribution in [0.4, 0.5) is 0 Å². The standard InChI is InChI=1S/C15H16N2OS2/c1-10(2)18-13-7-3-6-12-14(13)16-15(19)17(12)9-11-5-4-8-20-11/h3-8,10H,9H2,1-2H3,(H,16,19). The van der Waals surface area contributed by atoms with Gasteiger partial charge in [-0.1, -0.05) is 12.1 Å². The molecule has 0 aliphatic carbocycles. The minimum atomic E-state index is 0.142. The lowest BCUT2D eigenvalue weighted by Gasteiger charge is -2.10. The lowest BCUT2D eigenvalue weighted by atomic mass is 10.3. The number of benzene rings is 1. The third kappa shape index (κ3) is 2.51. The van der Waals surface area contributed by atoms with Gasteiger partial charge in [-0.3, -0.25) is 0 Å². The first kappa shape index (κ1) is 13.4. The Kier molecular flexibility index (Phi) is 3.63. The summed E-state index contributed by atoms with van der Waals surface area (Å²) in [5.74, 6) is 0.855. The van der Waals surface area contributed by atoms with Gasteiger partial charge in [0.15, 0.2) is 4.77 Å². The minimum absolute atomic E-state index is 0.142. The van der Waals surface area contributed by atoms with Gasteiger partial charge < -0.3 is 14.3 Å². The lowest BCUT2D eigenvalue weighted by Crippen LogP contribution is -2.05. The van der Waals surface area contributed by atoms with Crippen molar-refractivity contribution in [2.75, 3.05) is 0 Å². The van der Waals surface area contributed by atoms with E-state index in [9.17, 15) is 0 Å². The Hall–Kier alpha value is -1.59. The topological polar surface area (TPSA) is 29.9 Å². The number of nitrogens with one attached hydrogen (secondary N) is 1. The van der Waals surface area contributed by atoms with E-state index >= 15 is 0 Å². The Balaban J connectivity index is 2.09. The molecule has 0 amide bonds. The van der Waals surface area contributed by atoms with Gasteiger partial charge in [0, 0.05) is 4.88 Å². The largest absolute Gasteiger partial charge is 0.489 e. The zero-order valence-corrected chi connectivity index (χ0v) is 13.1. The zero-order chi connectivity index (χ0) is 14.1. The van der Waals surface area contributed by atoms with Crippen LogP contribution in [0, 0.1) is 4.77 Å². The Morgan fingerprint density at radius 2 is 2.15 bits per heavy atom. The summed E-state index contributed by atoms with van der Waals surface area (Å²) in [5, 5.41) is 2.08. The van der Waals surface area contributed by atoms with Crippen molar-refractivity contribution < 1.29 is 4.74 Å². The van der Waals surface area contributed by atoms with Crippen LogP contribution >= 0.6 is 23.6 Å². The van der Waals surface area contributed by atoms with Crippen molar-refractivity contribution in [1.29, 1.82) is 0 Å². The molecule has 0 unspecified atom stereocenters. The molecule has 0 saturated heterocycles. The van der Waals surface area contributed by atoms with Crippen LogP contribution in [-0.2, 0) is 6.54 Å². The van der Waals surface area contributed by atoms with E-state index in [1.807, 2.05) is 26.0 Å². The average molecular weight is 304 g/mol. The highest BCUT2D eigenvalue weighted by Crippen LogP contribution is 2.26. The number of nitrogens with zero attached hydrogens (tertiary/aromatic N) is 1. The number of imidazole rings is 1. The van der Waals surface area contributed by atoms with E-state index in [1.165, 1.54) is 4.88 Å². The first-order valence-electron chi connectivity index (χ1n) is 6.55. The predicted molar refractivity (Wildman–Crippen MR) is 86.3 cm³/mol. The summed E-state index contributed by atoms with van der Waals surface area (Å²) in [5.41, 5.74) is 2.06. The molecule has 3 nitrogen and oxygen atoms in total. The molecular formula is C15H16N2OS2. The summed E-state index contributed by atoms with van der Waals surface area (Å²) in [6.45, 7) is 4.84. The number of hydrogen-bond donors (Lipinski definition) is 1. The molecule has 20 heavy (non-hydrogen) atoms. The molecule has 0 atom stereocenters. The van der Waals surface area contributed by atoms with Crippen molar-refractivity contribution in [1.82, 2.24) is 9.55 Å². The highest BCUT2D eigenvalue weighted by molar-refractivity contribution is 7.71. The molecule has 0 radical (unpaired) electrons.